The summed E-state index contributed by atoms with van der Waals surface area (Å²) < 4.78 is 5.18. The molecule has 2 rings (SSSR count). The minimum Gasteiger partial charge on any atom is -0.444 e. The van der Waals surface area contributed by atoms with Gasteiger partial charge in [-0.3, -0.25) is 4.79 Å². The van der Waals surface area contributed by atoms with E-state index in [1.54, 1.807) is 0 Å². The van der Waals surface area contributed by atoms with Crippen molar-refractivity contribution >= 4 is 11.9 Å². The maximum Gasteiger partial charge on any atom is 0.407 e. The number of carbonyl (C=O) groups excluding carboxylic acids is 2. The van der Waals surface area contributed by atoms with Crippen molar-refractivity contribution in [2.45, 2.75) is 51.7 Å². The van der Waals surface area contributed by atoms with Crippen LogP contribution in [0.15, 0.2) is 0 Å². The van der Waals surface area contributed by atoms with E-state index in [4.69, 9.17) is 4.74 Å². The molecule has 2 bridgehead atoms. The maximum atomic E-state index is 11.7. The number of ether oxygens (including phenoxy) is 1. The summed E-state index contributed by atoms with van der Waals surface area (Å²) in [5, 5.41) is 2.82. The van der Waals surface area contributed by atoms with Crippen molar-refractivity contribution in [3.8, 4) is 0 Å². The van der Waals surface area contributed by atoms with Crippen LogP contribution in [0.25, 0.3) is 0 Å². The van der Waals surface area contributed by atoms with E-state index in [1.807, 2.05) is 20.8 Å². The zero-order valence-corrected chi connectivity index (χ0v) is 10.1. The van der Waals surface area contributed by atoms with Crippen molar-refractivity contribution in [3.63, 3.8) is 0 Å². The Hall–Kier alpha value is -1.06. The van der Waals surface area contributed by atoms with Gasteiger partial charge in [0.1, 0.15) is 11.4 Å². The molecule has 3 atom stereocenters. The Labute approximate surface area is 95.7 Å². The summed E-state index contributed by atoms with van der Waals surface area (Å²) in [6.45, 7) is 5.50. The zero-order chi connectivity index (χ0) is 11.9. The van der Waals surface area contributed by atoms with Crippen LogP contribution in [-0.4, -0.2) is 23.5 Å². The molecule has 0 radical (unpaired) electrons. The molecular formula is C12H19NO3. The Bertz CT molecular complexity index is 319. The Morgan fingerprint density at radius 2 is 2.06 bits per heavy atom. The molecule has 90 valence electrons. The molecular weight excluding hydrogens is 206 g/mol. The van der Waals surface area contributed by atoms with Crippen LogP contribution < -0.4 is 5.32 Å². The van der Waals surface area contributed by atoms with Gasteiger partial charge in [0, 0.05) is 17.9 Å². The van der Waals surface area contributed by atoms with Crippen LogP contribution in [0.2, 0.25) is 0 Å². The molecule has 0 heterocycles. The minimum absolute atomic E-state index is 0.00102. The predicted octanol–water partition coefficient (Wildman–Crippen LogP) is 1.88. The van der Waals surface area contributed by atoms with Gasteiger partial charge in [0.2, 0.25) is 0 Å². The standard InChI is InChI=1S/C12H19NO3/c1-12(2,3)16-11(15)13-9-6-7-4-5-8(9)10(7)14/h7-9H,4-6H2,1-3H3,(H,13,15)/t7-,8-,9-/m1/s1. The lowest BCUT2D eigenvalue weighted by atomic mass is 9.95. The highest BCUT2D eigenvalue weighted by Gasteiger charge is 2.47. The number of carbonyl (C=O) groups is 2. The number of nitrogens with one attached hydrogen (secondary N) is 1. The largest absolute Gasteiger partial charge is 0.444 e. The average Bonchev–Trinajstić information content (AvgIpc) is 2.57. The molecule has 0 saturated heterocycles. The lowest BCUT2D eigenvalue weighted by Crippen LogP contribution is -2.42. The number of Topliss-reactive ketones (excluding diaryl/α,β-unsaturated/α-hetero) is 1. The molecule has 2 aliphatic rings. The number of hydrogen-bond acceptors (Lipinski definition) is 3. The third-order valence-electron chi connectivity index (χ3n) is 3.32. The molecule has 1 N–H and O–H groups in total. The second-order valence-electron chi connectivity index (χ2n) is 5.77. The van der Waals surface area contributed by atoms with Crippen LogP contribution >= 0.6 is 0 Å². The molecule has 4 heteroatoms. The summed E-state index contributed by atoms with van der Waals surface area (Å²) >= 11 is 0. The van der Waals surface area contributed by atoms with Gasteiger partial charge in [0.15, 0.2) is 0 Å². The Morgan fingerprint density at radius 3 is 2.50 bits per heavy atom. The lowest BCUT2D eigenvalue weighted by Gasteiger charge is -2.25. The molecule has 16 heavy (non-hydrogen) atoms. The fourth-order valence-corrected chi connectivity index (χ4v) is 2.69. The highest BCUT2D eigenvalue weighted by molar-refractivity contribution is 5.89. The van der Waals surface area contributed by atoms with Gasteiger partial charge in [0.05, 0.1) is 0 Å². The average molecular weight is 225 g/mol. The number of ketones is 1. The topological polar surface area (TPSA) is 55.4 Å². The smallest absolute Gasteiger partial charge is 0.407 e. The van der Waals surface area contributed by atoms with Crippen molar-refractivity contribution in [2.75, 3.05) is 0 Å². The van der Waals surface area contributed by atoms with E-state index in [-0.39, 0.29) is 17.9 Å². The highest BCUT2D eigenvalue weighted by atomic mass is 16.6. The van der Waals surface area contributed by atoms with Crippen LogP contribution in [-0.2, 0) is 9.53 Å². The summed E-state index contributed by atoms with van der Waals surface area (Å²) in [5.74, 6) is 0.559. The van der Waals surface area contributed by atoms with Gasteiger partial charge in [0.25, 0.3) is 0 Å². The van der Waals surface area contributed by atoms with Gasteiger partial charge in [-0.15, -0.1) is 0 Å². The van der Waals surface area contributed by atoms with E-state index in [0.717, 1.165) is 19.3 Å². The molecule has 0 aromatic heterocycles. The molecule has 2 fully saturated rings. The second-order valence-corrected chi connectivity index (χ2v) is 5.77. The predicted molar refractivity (Wildman–Crippen MR) is 59.0 cm³/mol. The van der Waals surface area contributed by atoms with Gasteiger partial charge in [-0.05, 0) is 40.0 Å². The molecule has 0 aromatic rings. The van der Waals surface area contributed by atoms with Gasteiger partial charge < -0.3 is 10.1 Å². The zero-order valence-electron chi connectivity index (χ0n) is 10.1. The second kappa shape index (κ2) is 3.75. The van der Waals surface area contributed by atoms with Gasteiger partial charge in [-0.2, -0.15) is 0 Å². The molecule has 0 unspecified atom stereocenters. The molecule has 0 aromatic carbocycles. The van der Waals surface area contributed by atoms with E-state index in [2.05, 4.69) is 5.32 Å². The van der Waals surface area contributed by atoms with Gasteiger partial charge in [-0.1, -0.05) is 0 Å². The fraction of sp³-hybridized carbons (Fsp3) is 0.833. The van der Waals surface area contributed by atoms with Crippen molar-refractivity contribution in [1.29, 1.82) is 0 Å². The molecule has 0 spiro atoms. The molecule has 2 saturated carbocycles. The van der Waals surface area contributed by atoms with Crippen LogP contribution in [0.3, 0.4) is 0 Å². The van der Waals surface area contributed by atoms with E-state index in [0.29, 0.717) is 5.78 Å². The number of hydrogen-bond donors (Lipinski definition) is 1. The van der Waals surface area contributed by atoms with Gasteiger partial charge in [-0.25, -0.2) is 4.79 Å². The number of alkyl carbamates (subject to hydrolysis) is 1. The lowest BCUT2D eigenvalue weighted by molar-refractivity contribution is -0.121. The first-order valence-electron chi connectivity index (χ1n) is 5.90. The number of rotatable bonds is 1. The molecule has 4 nitrogen and oxygen atoms in total. The summed E-state index contributed by atoms with van der Waals surface area (Å²) in [6.07, 6.45) is 2.31. The monoisotopic (exact) mass is 225 g/mol. The SMILES string of the molecule is CC(C)(C)OC(=O)N[C@@H]1C[C@H]2CC[C@H]1C2=O. The summed E-state index contributed by atoms with van der Waals surface area (Å²) in [5.41, 5.74) is -0.480. The third kappa shape index (κ3) is 2.20. The normalized spacial score (nSPS) is 32.9. The fourth-order valence-electron chi connectivity index (χ4n) is 2.69. The van der Waals surface area contributed by atoms with E-state index in [9.17, 15) is 9.59 Å². The van der Waals surface area contributed by atoms with Crippen molar-refractivity contribution in [1.82, 2.24) is 5.32 Å². The molecule has 2 aliphatic carbocycles. The van der Waals surface area contributed by atoms with Crippen LogP contribution in [0.4, 0.5) is 4.79 Å². The maximum absolute atomic E-state index is 11.7. The van der Waals surface area contributed by atoms with Crippen LogP contribution in [0.5, 0.6) is 0 Å². The summed E-state index contributed by atoms with van der Waals surface area (Å²) in [4.78, 5) is 23.2. The first-order chi connectivity index (χ1) is 7.37. The number of fused-ring (bicyclic) bond motifs is 2. The third-order valence-corrected chi connectivity index (χ3v) is 3.32. The van der Waals surface area contributed by atoms with Gasteiger partial charge >= 0.3 is 6.09 Å². The molecule has 1 amide bonds. The highest BCUT2D eigenvalue weighted by Crippen LogP contribution is 2.41. The summed E-state index contributed by atoms with van der Waals surface area (Å²) in [6, 6.07) is 0.00102. The van der Waals surface area contributed by atoms with Crippen molar-refractivity contribution < 1.29 is 14.3 Å². The van der Waals surface area contributed by atoms with E-state index in [1.165, 1.54) is 0 Å². The quantitative estimate of drug-likeness (QED) is 0.741. The van der Waals surface area contributed by atoms with Crippen molar-refractivity contribution in [3.05, 3.63) is 0 Å². The van der Waals surface area contributed by atoms with E-state index < -0.39 is 11.7 Å². The Morgan fingerprint density at radius 1 is 1.38 bits per heavy atom. The molecule has 0 aliphatic heterocycles. The first kappa shape index (κ1) is 11.4. The van der Waals surface area contributed by atoms with Crippen LogP contribution in [0.1, 0.15) is 40.0 Å². The number of amides is 1. The van der Waals surface area contributed by atoms with Crippen molar-refractivity contribution in [2.24, 2.45) is 11.8 Å². The minimum atomic E-state index is -0.480. The first-order valence-corrected chi connectivity index (χ1v) is 5.90. The Balaban J connectivity index is 1.88. The Kier molecular flexibility index (Phi) is 2.68. The van der Waals surface area contributed by atoms with Crippen LogP contribution in [0, 0.1) is 11.8 Å². The summed E-state index contributed by atoms with van der Waals surface area (Å²) in [7, 11) is 0. The van der Waals surface area contributed by atoms with E-state index >= 15 is 0 Å².